The van der Waals surface area contributed by atoms with Crippen LogP contribution >= 0.6 is 0 Å². The summed E-state index contributed by atoms with van der Waals surface area (Å²) in [6.07, 6.45) is 6.12. The van der Waals surface area contributed by atoms with E-state index in [2.05, 4.69) is 43.3 Å². The predicted molar refractivity (Wildman–Crippen MR) is 80.4 cm³/mol. The molecule has 7 nitrogen and oxygen atoms in total. The standard InChI is InChI=1S/C15H20N6O/c1-20(9-15-19-16-10-22-15)12-7-21(8-12)14-6-11-4-2-3-5-13(11)17-18-14/h6,10,12H,2-5,7-9H2,1H3. The van der Waals surface area contributed by atoms with Crippen molar-refractivity contribution < 1.29 is 4.42 Å². The molecule has 2 aromatic heterocycles. The monoisotopic (exact) mass is 300 g/mol. The maximum Gasteiger partial charge on any atom is 0.230 e. The number of likely N-dealkylation sites (N-methyl/N-ethyl adjacent to an activating group) is 1. The minimum absolute atomic E-state index is 0.490. The van der Waals surface area contributed by atoms with Crippen molar-refractivity contribution >= 4 is 5.82 Å². The van der Waals surface area contributed by atoms with Crippen molar-refractivity contribution in [1.82, 2.24) is 25.3 Å². The first-order chi connectivity index (χ1) is 10.8. The van der Waals surface area contributed by atoms with E-state index in [0.717, 1.165) is 31.7 Å². The second-order valence-corrected chi connectivity index (χ2v) is 6.19. The summed E-state index contributed by atoms with van der Waals surface area (Å²) in [6, 6.07) is 2.72. The van der Waals surface area contributed by atoms with Crippen LogP contribution in [0.5, 0.6) is 0 Å². The first kappa shape index (κ1) is 13.6. The van der Waals surface area contributed by atoms with Gasteiger partial charge in [-0.15, -0.1) is 15.3 Å². The van der Waals surface area contributed by atoms with Gasteiger partial charge in [0, 0.05) is 19.1 Å². The minimum Gasteiger partial charge on any atom is -0.427 e. The lowest BCUT2D eigenvalue weighted by Gasteiger charge is -2.44. The molecule has 116 valence electrons. The summed E-state index contributed by atoms with van der Waals surface area (Å²) in [5.74, 6) is 1.68. The fourth-order valence-corrected chi connectivity index (χ4v) is 3.16. The molecule has 1 aliphatic carbocycles. The SMILES string of the molecule is CN(Cc1nnco1)C1CN(c2cc3c(nn2)CCCC3)C1. The molecular weight excluding hydrogens is 280 g/mol. The molecule has 22 heavy (non-hydrogen) atoms. The first-order valence-electron chi connectivity index (χ1n) is 7.85. The van der Waals surface area contributed by atoms with Gasteiger partial charge in [-0.3, -0.25) is 4.90 Å². The Morgan fingerprint density at radius 2 is 2.09 bits per heavy atom. The Labute approximate surface area is 129 Å². The molecular formula is C15H20N6O. The normalized spacial score (nSPS) is 18.4. The Hall–Kier alpha value is -2.02. The predicted octanol–water partition coefficient (Wildman–Crippen LogP) is 1.06. The van der Waals surface area contributed by atoms with Crippen LogP contribution in [0.1, 0.15) is 30.0 Å². The molecule has 1 aliphatic heterocycles. The van der Waals surface area contributed by atoms with Crippen LogP contribution in [0.2, 0.25) is 0 Å². The highest BCUT2D eigenvalue weighted by molar-refractivity contribution is 5.45. The van der Waals surface area contributed by atoms with Gasteiger partial charge in [0.2, 0.25) is 12.3 Å². The second kappa shape index (κ2) is 5.64. The van der Waals surface area contributed by atoms with Gasteiger partial charge in [0.1, 0.15) is 0 Å². The van der Waals surface area contributed by atoms with E-state index in [1.165, 1.54) is 30.5 Å². The minimum atomic E-state index is 0.490. The smallest absolute Gasteiger partial charge is 0.230 e. The molecule has 2 aromatic rings. The highest BCUT2D eigenvalue weighted by Gasteiger charge is 2.32. The van der Waals surface area contributed by atoms with Crippen LogP contribution in [0, 0.1) is 0 Å². The van der Waals surface area contributed by atoms with E-state index in [-0.39, 0.29) is 0 Å². The molecule has 0 bridgehead atoms. The maximum atomic E-state index is 5.20. The van der Waals surface area contributed by atoms with Crippen molar-refractivity contribution in [2.45, 2.75) is 38.3 Å². The molecule has 1 saturated heterocycles. The van der Waals surface area contributed by atoms with Crippen molar-refractivity contribution in [1.29, 1.82) is 0 Å². The average Bonchev–Trinajstić information content (AvgIpc) is 2.98. The van der Waals surface area contributed by atoms with Crippen molar-refractivity contribution in [3.05, 3.63) is 29.6 Å². The van der Waals surface area contributed by atoms with Crippen LogP contribution in [-0.2, 0) is 19.4 Å². The summed E-state index contributed by atoms with van der Waals surface area (Å²) in [4.78, 5) is 4.53. The molecule has 1 fully saturated rings. The Balaban J connectivity index is 1.36. The Morgan fingerprint density at radius 1 is 1.23 bits per heavy atom. The van der Waals surface area contributed by atoms with Crippen LogP contribution in [0.3, 0.4) is 0 Å². The van der Waals surface area contributed by atoms with Crippen molar-refractivity contribution in [3.8, 4) is 0 Å². The lowest BCUT2D eigenvalue weighted by atomic mass is 9.96. The van der Waals surface area contributed by atoms with Crippen LogP contribution in [0.15, 0.2) is 16.9 Å². The zero-order chi connectivity index (χ0) is 14.9. The summed E-state index contributed by atoms with van der Waals surface area (Å²) >= 11 is 0. The number of nitrogens with zero attached hydrogens (tertiary/aromatic N) is 6. The average molecular weight is 300 g/mol. The molecule has 0 saturated carbocycles. The maximum absolute atomic E-state index is 5.20. The Bertz CT molecular complexity index is 637. The molecule has 0 atom stereocenters. The van der Waals surface area contributed by atoms with Crippen molar-refractivity contribution in [2.75, 3.05) is 25.0 Å². The highest BCUT2D eigenvalue weighted by Crippen LogP contribution is 2.26. The van der Waals surface area contributed by atoms with Gasteiger partial charge in [-0.05, 0) is 44.4 Å². The van der Waals surface area contributed by atoms with Crippen molar-refractivity contribution in [2.24, 2.45) is 0 Å². The van der Waals surface area contributed by atoms with E-state index in [0.29, 0.717) is 18.5 Å². The summed E-state index contributed by atoms with van der Waals surface area (Å²) < 4.78 is 5.20. The number of fused-ring (bicyclic) bond motifs is 1. The zero-order valence-electron chi connectivity index (χ0n) is 12.8. The molecule has 0 amide bonds. The third-order valence-electron chi connectivity index (χ3n) is 4.66. The lowest BCUT2D eigenvalue weighted by molar-refractivity contribution is 0.180. The van der Waals surface area contributed by atoms with Gasteiger partial charge in [0.05, 0.1) is 12.2 Å². The largest absolute Gasteiger partial charge is 0.427 e. The van der Waals surface area contributed by atoms with E-state index < -0.39 is 0 Å². The van der Waals surface area contributed by atoms with E-state index >= 15 is 0 Å². The number of hydrogen-bond donors (Lipinski definition) is 0. The van der Waals surface area contributed by atoms with Crippen molar-refractivity contribution in [3.63, 3.8) is 0 Å². The van der Waals surface area contributed by atoms with E-state index in [9.17, 15) is 0 Å². The Kier molecular flexibility index (Phi) is 3.49. The molecule has 7 heteroatoms. The van der Waals surface area contributed by atoms with Gasteiger partial charge < -0.3 is 9.32 Å². The number of aromatic nitrogens is 4. The molecule has 0 unspecified atom stereocenters. The zero-order valence-corrected chi connectivity index (χ0v) is 12.8. The first-order valence-corrected chi connectivity index (χ1v) is 7.85. The van der Waals surface area contributed by atoms with Crippen LogP contribution in [-0.4, -0.2) is 51.5 Å². The molecule has 0 spiro atoms. The van der Waals surface area contributed by atoms with Gasteiger partial charge in [-0.1, -0.05) is 0 Å². The van der Waals surface area contributed by atoms with Gasteiger partial charge in [-0.2, -0.15) is 5.10 Å². The summed E-state index contributed by atoms with van der Waals surface area (Å²) in [5, 5.41) is 16.5. The molecule has 4 rings (SSSR count). The van der Waals surface area contributed by atoms with Gasteiger partial charge in [-0.25, -0.2) is 0 Å². The molecule has 0 radical (unpaired) electrons. The molecule has 0 aromatic carbocycles. The fourth-order valence-electron chi connectivity index (χ4n) is 3.16. The number of rotatable bonds is 4. The number of anilines is 1. The van der Waals surface area contributed by atoms with E-state index in [1.807, 2.05) is 0 Å². The summed E-state index contributed by atoms with van der Waals surface area (Å²) in [6.45, 7) is 2.63. The molecule has 0 N–H and O–H groups in total. The number of aryl methyl sites for hydroxylation is 2. The van der Waals surface area contributed by atoms with Crippen LogP contribution < -0.4 is 4.90 Å². The summed E-state index contributed by atoms with van der Waals surface area (Å²) in [5.41, 5.74) is 2.58. The van der Waals surface area contributed by atoms with Crippen LogP contribution in [0.4, 0.5) is 5.82 Å². The molecule has 3 heterocycles. The number of hydrogen-bond acceptors (Lipinski definition) is 7. The second-order valence-electron chi connectivity index (χ2n) is 6.19. The van der Waals surface area contributed by atoms with Crippen LogP contribution in [0.25, 0.3) is 0 Å². The fraction of sp³-hybridized carbons (Fsp3) is 0.600. The summed E-state index contributed by atoms with van der Waals surface area (Å²) in [7, 11) is 2.09. The lowest BCUT2D eigenvalue weighted by Crippen LogP contribution is -2.58. The highest BCUT2D eigenvalue weighted by atomic mass is 16.4. The quantitative estimate of drug-likeness (QED) is 0.836. The Morgan fingerprint density at radius 3 is 2.91 bits per heavy atom. The van der Waals surface area contributed by atoms with Gasteiger partial charge in [0.25, 0.3) is 0 Å². The molecule has 2 aliphatic rings. The van der Waals surface area contributed by atoms with E-state index in [4.69, 9.17) is 4.42 Å². The van der Waals surface area contributed by atoms with Gasteiger partial charge >= 0.3 is 0 Å². The van der Waals surface area contributed by atoms with E-state index in [1.54, 1.807) is 0 Å². The third kappa shape index (κ3) is 2.56. The third-order valence-corrected chi connectivity index (χ3v) is 4.66. The topological polar surface area (TPSA) is 71.2 Å². The van der Waals surface area contributed by atoms with Gasteiger partial charge in [0.15, 0.2) is 5.82 Å².